The summed E-state index contributed by atoms with van der Waals surface area (Å²) in [7, 11) is 0. The van der Waals surface area contributed by atoms with Crippen molar-refractivity contribution in [3.63, 3.8) is 0 Å². The van der Waals surface area contributed by atoms with Crippen molar-refractivity contribution in [3.8, 4) is 0 Å². The number of rotatable bonds is 6. The predicted octanol–water partition coefficient (Wildman–Crippen LogP) is 3.95. The minimum atomic E-state index is -0.560. The molecule has 5 nitrogen and oxygen atoms in total. The number of thioether (sulfide) groups is 2. The van der Waals surface area contributed by atoms with Crippen molar-refractivity contribution >= 4 is 47.8 Å². The van der Waals surface area contributed by atoms with Gasteiger partial charge in [0.25, 0.3) is 0 Å². The SMILES string of the molecule is CCSC1=C(C(=O)OC(c2ccccc2)c2ccccc2)N2C(=O)C(N)[C@H]2SC1.Cl. The fourth-order valence-electron chi connectivity index (χ4n) is 3.51. The number of β-lactam (4-membered cyclic amide) rings is 1. The summed E-state index contributed by atoms with van der Waals surface area (Å²) in [5.41, 5.74) is 8.06. The van der Waals surface area contributed by atoms with E-state index in [0.29, 0.717) is 11.4 Å². The van der Waals surface area contributed by atoms with E-state index < -0.39 is 18.1 Å². The van der Waals surface area contributed by atoms with Crippen molar-refractivity contribution in [2.24, 2.45) is 5.73 Å². The highest BCUT2D eigenvalue weighted by Gasteiger charge is 2.52. The largest absolute Gasteiger partial charge is 0.448 e. The molecule has 2 atom stereocenters. The van der Waals surface area contributed by atoms with Crippen LogP contribution in [0.5, 0.6) is 0 Å². The van der Waals surface area contributed by atoms with E-state index in [4.69, 9.17) is 10.5 Å². The fourth-order valence-corrected chi connectivity index (χ4v) is 5.85. The van der Waals surface area contributed by atoms with Gasteiger partial charge in [-0.2, -0.15) is 0 Å². The maximum Gasteiger partial charge on any atom is 0.356 e. The van der Waals surface area contributed by atoms with Crippen molar-refractivity contribution in [2.75, 3.05) is 11.5 Å². The Bertz CT molecular complexity index is 900. The Labute approximate surface area is 190 Å². The van der Waals surface area contributed by atoms with Gasteiger partial charge < -0.3 is 10.5 Å². The fraction of sp³-hybridized carbons (Fsp3) is 0.273. The van der Waals surface area contributed by atoms with E-state index in [9.17, 15) is 9.59 Å². The molecule has 2 heterocycles. The molecule has 2 aliphatic rings. The van der Waals surface area contributed by atoms with Crippen LogP contribution < -0.4 is 5.73 Å². The second-order valence-electron chi connectivity index (χ2n) is 6.75. The Morgan fingerprint density at radius 3 is 2.27 bits per heavy atom. The number of amides is 1. The molecule has 0 saturated carbocycles. The van der Waals surface area contributed by atoms with E-state index in [1.807, 2.05) is 67.6 Å². The van der Waals surface area contributed by atoms with Crippen molar-refractivity contribution in [3.05, 3.63) is 82.4 Å². The number of benzene rings is 2. The van der Waals surface area contributed by atoms with Gasteiger partial charge in [-0.15, -0.1) is 35.9 Å². The van der Waals surface area contributed by atoms with Gasteiger partial charge in [0, 0.05) is 10.7 Å². The Morgan fingerprint density at radius 2 is 1.73 bits per heavy atom. The zero-order chi connectivity index (χ0) is 20.4. The van der Waals surface area contributed by atoms with Crippen molar-refractivity contribution in [2.45, 2.75) is 24.4 Å². The zero-order valence-electron chi connectivity index (χ0n) is 16.4. The molecule has 0 aliphatic carbocycles. The first kappa shape index (κ1) is 22.7. The highest BCUT2D eigenvalue weighted by molar-refractivity contribution is 8.06. The van der Waals surface area contributed by atoms with Crippen LogP contribution in [-0.4, -0.2) is 39.7 Å². The number of carbonyl (C=O) groups is 2. The van der Waals surface area contributed by atoms with Gasteiger partial charge in [0.1, 0.15) is 17.1 Å². The molecule has 2 N–H and O–H groups in total. The van der Waals surface area contributed by atoms with Gasteiger partial charge in [0.05, 0.1) is 0 Å². The third-order valence-electron chi connectivity index (χ3n) is 4.92. The molecule has 158 valence electrons. The molecule has 1 saturated heterocycles. The number of fused-ring (bicyclic) bond motifs is 1. The first-order valence-electron chi connectivity index (χ1n) is 9.49. The molecule has 0 radical (unpaired) electrons. The molecule has 30 heavy (non-hydrogen) atoms. The summed E-state index contributed by atoms with van der Waals surface area (Å²) in [5.74, 6) is 0.766. The third-order valence-corrected chi connectivity index (χ3v) is 7.37. The maximum absolute atomic E-state index is 13.3. The van der Waals surface area contributed by atoms with Gasteiger partial charge in [-0.05, 0) is 16.9 Å². The summed E-state index contributed by atoms with van der Waals surface area (Å²) in [6.45, 7) is 2.03. The first-order valence-corrected chi connectivity index (χ1v) is 11.5. The number of carbonyl (C=O) groups excluding carboxylic acids is 2. The number of ether oxygens (including phenoxy) is 1. The molecule has 2 aromatic carbocycles. The Kier molecular flexibility index (Phi) is 7.52. The van der Waals surface area contributed by atoms with Crippen LogP contribution >= 0.6 is 35.9 Å². The normalized spacial score (nSPS) is 20.4. The van der Waals surface area contributed by atoms with E-state index >= 15 is 0 Å². The molecule has 1 fully saturated rings. The smallest absolute Gasteiger partial charge is 0.356 e. The molecule has 2 aliphatic heterocycles. The molecular weight excluding hydrogens is 440 g/mol. The van der Waals surface area contributed by atoms with Crippen LogP contribution in [0, 0.1) is 0 Å². The van der Waals surface area contributed by atoms with Crippen LogP contribution in [0.15, 0.2) is 71.3 Å². The molecule has 0 bridgehead atoms. The monoisotopic (exact) mass is 462 g/mol. The number of hydrogen-bond acceptors (Lipinski definition) is 6. The van der Waals surface area contributed by atoms with E-state index in [-0.39, 0.29) is 23.7 Å². The quantitative estimate of drug-likeness (QED) is 0.517. The first-order chi connectivity index (χ1) is 14.1. The summed E-state index contributed by atoms with van der Waals surface area (Å²) in [4.78, 5) is 28.2. The van der Waals surface area contributed by atoms with Gasteiger partial charge in [-0.1, -0.05) is 67.6 Å². The van der Waals surface area contributed by atoms with Gasteiger partial charge in [-0.3, -0.25) is 9.69 Å². The number of nitrogens with zero attached hydrogens (tertiary/aromatic N) is 1. The number of nitrogens with two attached hydrogens (primary N) is 1. The molecule has 2 aromatic rings. The van der Waals surface area contributed by atoms with Gasteiger partial charge >= 0.3 is 5.97 Å². The summed E-state index contributed by atoms with van der Waals surface area (Å²) >= 11 is 3.17. The highest BCUT2D eigenvalue weighted by Crippen LogP contribution is 2.43. The van der Waals surface area contributed by atoms with Crippen LogP contribution in [0.2, 0.25) is 0 Å². The van der Waals surface area contributed by atoms with E-state index in [2.05, 4.69) is 0 Å². The summed E-state index contributed by atoms with van der Waals surface area (Å²) in [5, 5.41) is -0.196. The van der Waals surface area contributed by atoms with Crippen LogP contribution in [0.1, 0.15) is 24.2 Å². The summed E-state index contributed by atoms with van der Waals surface area (Å²) in [6.07, 6.45) is -0.552. The second kappa shape index (κ2) is 9.92. The molecule has 1 amide bonds. The zero-order valence-corrected chi connectivity index (χ0v) is 18.8. The summed E-state index contributed by atoms with van der Waals surface area (Å²) < 4.78 is 6.02. The van der Waals surface area contributed by atoms with E-state index in [1.54, 1.807) is 23.5 Å². The van der Waals surface area contributed by atoms with Crippen LogP contribution in [0.25, 0.3) is 0 Å². The lowest BCUT2D eigenvalue weighted by Gasteiger charge is -2.48. The third kappa shape index (κ3) is 4.25. The maximum atomic E-state index is 13.3. The van der Waals surface area contributed by atoms with Crippen molar-refractivity contribution in [1.29, 1.82) is 0 Å². The molecule has 8 heteroatoms. The Hall–Kier alpha value is -1.93. The van der Waals surface area contributed by atoms with Crippen molar-refractivity contribution in [1.82, 2.24) is 4.90 Å². The minimum Gasteiger partial charge on any atom is -0.448 e. The van der Waals surface area contributed by atoms with Crippen LogP contribution in [0.3, 0.4) is 0 Å². The predicted molar refractivity (Wildman–Crippen MR) is 124 cm³/mol. The lowest BCUT2D eigenvalue weighted by Crippen LogP contribution is -2.68. The van der Waals surface area contributed by atoms with Gasteiger partial charge in [-0.25, -0.2) is 4.79 Å². The molecule has 0 spiro atoms. The van der Waals surface area contributed by atoms with Crippen LogP contribution in [0.4, 0.5) is 0 Å². The Balaban J connectivity index is 0.00000256. The van der Waals surface area contributed by atoms with Gasteiger partial charge in [0.2, 0.25) is 5.91 Å². The second-order valence-corrected chi connectivity index (χ2v) is 9.21. The highest BCUT2D eigenvalue weighted by atomic mass is 35.5. The minimum absolute atomic E-state index is 0. The molecule has 0 aromatic heterocycles. The topological polar surface area (TPSA) is 72.6 Å². The molecule has 4 rings (SSSR count). The lowest BCUT2D eigenvalue weighted by atomic mass is 10.0. The number of esters is 1. The van der Waals surface area contributed by atoms with E-state index in [1.165, 1.54) is 4.90 Å². The standard InChI is InChI=1S/C22H22N2O3S2.ClH/c1-2-28-16-13-29-21-17(23)20(25)24(21)18(16)22(26)27-19(14-9-5-3-6-10-14)15-11-7-4-8-12-15;/h3-12,17,19,21H,2,13,23H2,1H3;1H/t17?,21-;/m1./s1. The lowest BCUT2D eigenvalue weighted by molar-refractivity contribution is -0.152. The molecule has 1 unspecified atom stereocenters. The number of halogens is 1. The average molecular weight is 463 g/mol. The number of hydrogen-bond donors (Lipinski definition) is 1. The molecular formula is C22H23ClN2O3S2. The Morgan fingerprint density at radius 1 is 1.17 bits per heavy atom. The summed E-state index contributed by atoms with van der Waals surface area (Å²) in [6, 6.07) is 18.7. The average Bonchev–Trinajstić information content (AvgIpc) is 2.77. The van der Waals surface area contributed by atoms with Crippen molar-refractivity contribution < 1.29 is 14.3 Å². The van der Waals surface area contributed by atoms with E-state index in [0.717, 1.165) is 21.8 Å². The van der Waals surface area contributed by atoms with Gasteiger partial charge in [0.15, 0.2) is 6.10 Å². The van der Waals surface area contributed by atoms with Crippen LogP contribution in [-0.2, 0) is 14.3 Å².